The van der Waals surface area contributed by atoms with Gasteiger partial charge in [-0.2, -0.15) is 0 Å². The normalized spacial score (nSPS) is 10.1. The van der Waals surface area contributed by atoms with Crippen LogP contribution >= 0.6 is 0 Å². The Morgan fingerprint density at radius 1 is 1.21 bits per heavy atom. The largest absolute Gasteiger partial charge is 0.487 e. The molecule has 0 radical (unpaired) electrons. The number of hydrogen-bond acceptors (Lipinski definition) is 3. The highest BCUT2D eigenvalue weighted by molar-refractivity contribution is 6.19. The first-order valence-corrected chi connectivity index (χ1v) is 5.82. The number of hydrogen-bond donors (Lipinski definition) is 0. The number of allylic oxidation sites excluding steroid dienone is 1. The van der Waals surface area contributed by atoms with Crippen LogP contribution in [-0.2, 0) is 4.79 Å². The highest BCUT2D eigenvalue weighted by atomic mass is 19.1. The van der Waals surface area contributed by atoms with Crippen LogP contribution in [0.5, 0.6) is 11.5 Å². The molecule has 0 atom stereocenters. The highest BCUT2D eigenvalue weighted by Gasteiger charge is 2.16. The van der Waals surface area contributed by atoms with Gasteiger partial charge < -0.3 is 9.47 Å². The highest BCUT2D eigenvalue weighted by Crippen LogP contribution is 2.35. The molecule has 1 rings (SSSR count). The number of ketones is 1. The van der Waals surface area contributed by atoms with Crippen molar-refractivity contribution >= 4 is 11.4 Å². The maximum Gasteiger partial charge on any atom is 0.169 e. The molecule has 0 heterocycles. The van der Waals surface area contributed by atoms with E-state index < -0.39 is 13.3 Å². The molecular weight excluding hydrogens is 254 g/mol. The van der Waals surface area contributed by atoms with Gasteiger partial charge in [0.1, 0.15) is 26.6 Å². The van der Waals surface area contributed by atoms with E-state index >= 15 is 0 Å². The van der Waals surface area contributed by atoms with Crippen molar-refractivity contribution in [3.63, 3.8) is 0 Å². The molecule has 0 unspecified atom stereocenters. The monoisotopic (exact) mass is 270 g/mol. The van der Waals surface area contributed by atoms with Crippen LogP contribution in [0.4, 0.5) is 8.78 Å². The van der Waals surface area contributed by atoms with E-state index in [0.717, 1.165) is 0 Å². The first-order chi connectivity index (χ1) is 9.11. The summed E-state index contributed by atoms with van der Waals surface area (Å²) in [5.41, 5.74) is 0.664. The van der Waals surface area contributed by atoms with Crippen molar-refractivity contribution in [1.29, 1.82) is 0 Å². The van der Waals surface area contributed by atoms with Gasteiger partial charge in [-0.1, -0.05) is 18.7 Å². The first-order valence-electron chi connectivity index (χ1n) is 5.82. The summed E-state index contributed by atoms with van der Waals surface area (Å²) < 4.78 is 34.8. The summed E-state index contributed by atoms with van der Waals surface area (Å²) >= 11 is 0. The van der Waals surface area contributed by atoms with Crippen LogP contribution in [0.3, 0.4) is 0 Å². The minimum Gasteiger partial charge on any atom is -0.487 e. The van der Waals surface area contributed by atoms with Crippen LogP contribution in [0.15, 0.2) is 24.8 Å². The van der Waals surface area contributed by atoms with Gasteiger partial charge in [0.25, 0.3) is 0 Å². The smallest absolute Gasteiger partial charge is 0.169 e. The lowest BCUT2D eigenvalue weighted by Gasteiger charge is -2.15. The number of rotatable bonds is 8. The molecular formula is C14H16F2O3. The quantitative estimate of drug-likeness (QED) is 0.681. The van der Waals surface area contributed by atoms with E-state index in [1.54, 1.807) is 18.2 Å². The predicted octanol–water partition coefficient (Wildman–Crippen LogP) is 2.99. The summed E-state index contributed by atoms with van der Waals surface area (Å²) in [5.74, 6) is 0.257. The van der Waals surface area contributed by atoms with Gasteiger partial charge in [0, 0.05) is 11.1 Å². The Hall–Kier alpha value is -1.91. The fourth-order valence-corrected chi connectivity index (χ4v) is 1.49. The molecule has 0 aliphatic rings. The lowest BCUT2D eigenvalue weighted by atomic mass is 10.0. The molecule has 19 heavy (non-hydrogen) atoms. The summed E-state index contributed by atoms with van der Waals surface area (Å²) in [6.45, 7) is 3.39. The second-order valence-corrected chi connectivity index (χ2v) is 3.74. The Kier molecular flexibility index (Phi) is 5.99. The third kappa shape index (κ3) is 4.05. The SMILES string of the molecule is C=C(C(C)=O)c1cccc(OCCF)c1OCCF. The number of ether oxygens (including phenoxy) is 2. The van der Waals surface area contributed by atoms with Crippen molar-refractivity contribution in [3.8, 4) is 11.5 Å². The maximum absolute atomic E-state index is 12.2. The Labute approximate surface area is 110 Å². The van der Waals surface area contributed by atoms with E-state index in [-0.39, 0.29) is 36.1 Å². The van der Waals surface area contributed by atoms with Gasteiger partial charge in [-0.05, 0) is 13.0 Å². The van der Waals surface area contributed by atoms with Gasteiger partial charge in [-0.3, -0.25) is 4.79 Å². The second kappa shape index (κ2) is 7.51. The summed E-state index contributed by atoms with van der Waals surface area (Å²) in [5, 5.41) is 0. The van der Waals surface area contributed by atoms with Gasteiger partial charge in [-0.15, -0.1) is 0 Å². The summed E-state index contributed by atoms with van der Waals surface area (Å²) in [4.78, 5) is 11.4. The molecule has 0 saturated heterocycles. The Morgan fingerprint density at radius 2 is 1.84 bits per heavy atom. The number of carbonyl (C=O) groups excluding carboxylic acids is 1. The first kappa shape index (κ1) is 15.1. The lowest BCUT2D eigenvalue weighted by Crippen LogP contribution is -2.07. The minimum absolute atomic E-state index is 0.137. The molecule has 104 valence electrons. The fourth-order valence-electron chi connectivity index (χ4n) is 1.49. The minimum atomic E-state index is -0.677. The second-order valence-electron chi connectivity index (χ2n) is 3.74. The molecule has 0 aliphatic carbocycles. The van der Waals surface area contributed by atoms with Crippen molar-refractivity contribution < 1.29 is 23.0 Å². The molecule has 0 fully saturated rings. The van der Waals surface area contributed by atoms with Gasteiger partial charge >= 0.3 is 0 Å². The van der Waals surface area contributed by atoms with Crippen LogP contribution in [0.1, 0.15) is 12.5 Å². The van der Waals surface area contributed by atoms with Crippen molar-refractivity contribution in [2.75, 3.05) is 26.6 Å². The number of benzene rings is 1. The van der Waals surface area contributed by atoms with E-state index in [2.05, 4.69) is 6.58 Å². The maximum atomic E-state index is 12.2. The number of para-hydroxylation sites is 1. The van der Waals surface area contributed by atoms with E-state index in [9.17, 15) is 13.6 Å². The van der Waals surface area contributed by atoms with Crippen LogP contribution in [0.25, 0.3) is 5.57 Å². The molecule has 0 N–H and O–H groups in total. The van der Waals surface area contributed by atoms with Crippen LogP contribution in [0.2, 0.25) is 0 Å². The van der Waals surface area contributed by atoms with E-state index in [0.29, 0.717) is 5.56 Å². The molecule has 0 saturated carbocycles. The van der Waals surface area contributed by atoms with Crippen molar-refractivity contribution in [2.45, 2.75) is 6.92 Å². The van der Waals surface area contributed by atoms with Crippen LogP contribution in [-0.4, -0.2) is 32.3 Å². The Bertz CT molecular complexity index is 458. The lowest BCUT2D eigenvalue weighted by molar-refractivity contribution is -0.111. The number of carbonyl (C=O) groups is 1. The number of alkyl halides is 2. The molecule has 1 aromatic rings. The molecule has 1 aromatic carbocycles. The van der Waals surface area contributed by atoms with E-state index in [1.165, 1.54) is 6.92 Å². The average molecular weight is 270 g/mol. The van der Waals surface area contributed by atoms with Crippen molar-refractivity contribution in [1.82, 2.24) is 0 Å². The van der Waals surface area contributed by atoms with Crippen molar-refractivity contribution in [3.05, 3.63) is 30.3 Å². The third-order valence-electron chi connectivity index (χ3n) is 2.39. The molecule has 3 nitrogen and oxygen atoms in total. The molecule has 0 aliphatic heterocycles. The zero-order chi connectivity index (χ0) is 14.3. The average Bonchev–Trinajstić information content (AvgIpc) is 2.42. The molecule has 5 heteroatoms. The van der Waals surface area contributed by atoms with E-state index in [4.69, 9.17) is 9.47 Å². The van der Waals surface area contributed by atoms with Crippen LogP contribution < -0.4 is 9.47 Å². The Morgan fingerprint density at radius 3 is 2.42 bits per heavy atom. The number of Topliss-reactive ketones (excluding diaryl/α,β-unsaturated/α-hetero) is 1. The fraction of sp³-hybridized carbons (Fsp3) is 0.357. The van der Waals surface area contributed by atoms with Crippen LogP contribution in [0, 0.1) is 0 Å². The summed E-state index contributed by atoms with van der Waals surface area (Å²) in [7, 11) is 0. The van der Waals surface area contributed by atoms with Gasteiger partial charge in [0.15, 0.2) is 17.3 Å². The van der Waals surface area contributed by atoms with Crippen molar-refractivity contribution in [2.24, 2.45) is 0 Å². The van der Waals surface area contributed by atoms with Gasteiger partial charge in [0.05, 0.1) is 0 Å². The zero-order valence-electron chi connectivity index (χ0n) is 10.7. The Balaban J connectivity index is 3.13. The topological polar surface area (TPSA) is 35.5 Å². The van der Waals surface area contributed by atoms with Gasteiger partial charge in [0.2, 0.25) is 0 Å². The zero-order valence-corrected chi connectivity index (χ0v) is 10.7. The molecule has 0 spiro atoms. The summed E-state index contributed by atoms with van der Waals surface area (Å²) in [6.07, 6.45) is 0. The van der Waals surface area contributed by atoms with E-state index in [1.807, 2.05) is 0 Å². The number of halogens is 2. The third-order valence-corrected chi connectivity index (χ3v) is 2.39. The van der Waals surface area contributed by atoms with Gasteiger partial charge in [-0.25, -0.2) is 8.78 Å². The molecule has 0 amide bonds. The summed E-state index contributed by atoms with van der Waals surface area (Å²) in [6, 6.07) is 4.83. The molecule has 0 aromatic heterocycles. The predicted molar refractivity (Wildman–Crippen MR) is 69.1 cm³/mol. The molecule has 0 bridgehead atoms. The standard InChI is InChI=1S/C14H16F2O3/c1-10(11(2)17)12-4-3-5-13(18-8-6-15)14(12)19-9-7-16/h3-5H,1,6-9H2,2H3.